The van der Waals surface area contributed by atoms with Crippen molar-refractivity contribution in [2.75, 3.05) is 6.54 Å². The molecule has 0 bridgehead atoms. The lowest BCUT2D eigenvalue weighted by Crippen LogP contribution is -2.33. The van der Waals surface area contributed by atoms with Crippen LogP contribution in [-0.4, -0.2) is 30.3 Å². The number of carbonyl (C=O) groups excluding carboxylic acids is 3. The Hall–Kier alpha value is -2.89. The molecular weight excluding hydrogens is 310 g/mol. The monoisotopic (exact) mass is 329 g/mol. The Kier molecular flexibility index (Phi) is 5.52. The first-order valence-electron chi connectivity index (χ1n) is 7.51. The minimum Gasteiger partial charge on any atom is -0.459 e. The summed E-state index contributed by atoms with van der Waals surface area (Å²) in [6.45, 7) is 5.02. The number of esters is 1. The lowest BCUT2D eigenvalue weighted by atomic mass is 10.0. The fourth-order valence-electron chi connectivity index (χ4n) is 2.07. The molecule has 126 valence electrons. The molecule has 1 heterocycles. The predicted octanol–water partition coefficient (Wildman–Crippen LogP) is 2.44. The fraction of sp³-hybridized carbons (Fsp3) is 0.278. The van der Waals surface area contributed by atoms with Gasteiger partial charge >= 0.3 is 5.97 Å². The highest BCUT2D eigenvalue weighted by Gasteiger charge is 2.20. The predicted molar refractivity (Wildman–Crippen MR) is 86.8 cm³/mol. The Morgan fingerprint density at radius 3 is 2.54 bits per heavy atom. The summed E-state index contributed by atoms with van der Waals surface area (Å²) in [4.78, 5) is 35.7. The molecule has 0 saturated carbocycles. The number of rotatable bonds is 6. The van der Waals surface area contributed by atoms with Crippen LogP contribution in [0.15, 0.2) is 41.0 Å². The molecule has 2 rings (SSSR count). The van der Waals surface area contributed by atoms with E-state index in [2.05, 4.69) is 5.32 Å². The molecule has 6 nitrogen and oxygen atoms in total. The van der Waals surface area contributed by atoms with Crippen molar-refractivity contribution in [1.82, 2.24) is 5.32 Å². The van der Waals surface area contributed by atoms with E-state index in [0.717, 1.165) is 11.1 Å². The second-order valence-corrected chi connectivity index (χ2v) is 5.46. The molecule has 6 heteroatoms. The van der Waals surface area contributed by atoms with Crippen molar-refractivity contribution in [1.29, 1.82) is 0 Å². The van der Waals surface area contributed by atoms with Crippen LogP contribution in [-0.2, 0) is 9.53 Å². The van der Waals surface area contributed by atoms with Gasteiger partial charge in [-0.15, -0.1) is 0 Å². The van der Waals surface area contributed by atoms with Gasteiger partial charge in [0, 0.05) is 5.56 Å². The highest BCUT2D eigenvalue weighted by Crippen LogP contribution is 2.13. The summed E-state index contributed by atoms with van der Waals surface area (Å²) < 4.78 is 9.98. The van der Waals surface area contributed by atoms with Crippen LogP contribution in [0, 0.1) is 13.8 Å². The number of hydrogen-bond acceptors (Lipinski definition) is 5. The molecule has 1 aromatic heterocycles. The first-order chi connectivity index (χ1) is 11.4. The molecule has 0 aliphatic heterocycles. The smallest absolute Gasteiger partial charge is 0.326 e. The Morgan fingerprint density at radius 1 is 1.17 bits per heavy atom. The van der Waals surface area contributed by atoms with Crippen molar-refractivity contribution < 1.29 is 23.5 Å². The number of Topliss-reactive ketones (excluding diaryl/α,β-unsaturated/α-hetero) is 1. The average Bonchev–Trinajstić information content (AvgIpc) is 3.09. The van der Waals surface area contributed by atoms with Crippen LogP contribution >= 0.6 is 0 Å². The summed E-state index contributed by atoms with van der Waals surface area (Å²) in [5.74, 6) is -1.41. The normalized spacial score (nSPS) is 11.6. The van der Waals surface area contributed by atoms with Gasteiger partial charge in [-0.1, -0.05) is 12.1 Å². The molecule has 1 aromatic carbocycles. The van der Waals surface area contributed by atoms with E-state index in [1.807, 2.05) is 19.9 Å². The first-order valence-corrected chi connectivity index (χ1v) is 7.51. The largest absolute Gasteiger partial charge is 0.459 e. The van der Waals surface area contributed by atoms with Gasteiger partial charge in [0.05, 0.1) is 6.26 Å². The van der Waals surface area contributed by atoms with Crippen LogP contribution in [0.5, 0.6) is 0 Å². The van der Waals surface area contributed by atoms with Crippen molar-refractivity contribution in [2.45, 2.75) is 26.9 Å². The molecule has 0 aliphatic carbocycles. The molecule has 24 heavy (non-hydrogen) atoms. The molecule has 1 N–H and O–H groups in total. The van der Waals surface area contributed by atoms with E-state index in [4.69, 9.17) is 9.15 Å². The Morgan fingerprint density at radius 2 is 1.92 bits per heavy atom. The minimum absolute atomic E-state index is 0.0991. The third kappa shape index (κ3) is 4.32. The van der Waals surface area contributed by atoms with Gasteiger partial charge in [-0.2, -0.15) is 0 Å². The van der Waals surface area contributed by atoms with Gasteiger partial charge in [-0.05, 0) is 50.1 Å². The zero-order chi connectivity index (χ0) is 17.7. The van der Waals surface area contributed by atoms with Crippen LogP contribution in [0.3, 0.4) is 0 Å². The third-order valence-electron chi connectivity index (χ3n) is 3.61. The number of nitrogens with one attached hydrogen (secondary N) is 1. The molecule has 0 fully saturated rings. The summed E-state index contributed by atoms with van der Waals surface area (Å²) in [6, 6.07) is 8.36. The average molecular weight is 329 g/mol. The van der Waals surface area contributed by atoms with Gasteiger partial charge in [-0.3, -0.25) is 14.4 Å². The summed E-state index contributed by atoms with van der Waals surface area (Å²) in [5, 5.41) is 2.37. The van der Waals surface area contributed by atoms with Gasteiger partial charge in [0.15, 0.2) is 11.9 Å². The molecule has 1 atom stereocenters. The lowest BCUT2D eigenvalue weighted by molar-refractivity contribution is -0.145. The van der Waals surface area contributed by atoms with Crippen molar-refractivity contribution in [2.24, 2.45) is 0 Å². The molecule has 1 unspecified atom stereocenters. The van der Waals surface area contributed by atoms with Crippen LogP contribution in [0.1, 0.15) is 39.0 Å². The third-order valence-corrected chi connectivity index (χ3v) is 3.61. The van der Waals surface area contributed by atoms with Crippen molar-refractivity contribution in [3.8, 4) is 0 Å². The van der Waals surface area contributed by atoms with Crippen LogP contribution in [0.2, 0.25) is 0 Å². The van der Waals surface area contributed by atoms with Crippen LogP contribution < -0.4 is 5.32 Å². The van der Waals surface area contributed by atoms with E-state index in [0.29, 0.717) is 5.56 Å². The van der Waals surface area contributed by atoms with Crippen LogP contribution in [0.4, 0.5) is 0 Å². The Balaban J connectivity index is 1.87. The van der Waals surface area contributed by atoms with Gasteiger partial charge in [-0.25, -0.2) is 0 Å². The summed E-state index contributed by atoms with van der Waals surface area (Å²) in [7, 11) is 0. The quantitative estimate of drug-likeness (QED) is 0.650. The van der Waals surface area contributed by atoms with Crippen molar-refractivity contribution in [3.63, 3.8) is 0 Å². The van der Waals surface area contributed by atoms with Crippen molar-refractivity contribution in [3.05, 3.63) is 59.0 Å². The summed E-state index contributed by atoms with van der Waals surface area (Å²) in [5.41, 5.74) is 2.56. The Labute approximate surface area is 139 Å². The first kappa shape index (κ1) is 17.5. The highest BCUT2D eigenvalue weighted by molar-refractivity contribution is 6.00. The standard InChI is InChI=1S/C18H19NO5/c1-11-6-7-14(9-12(11)2)17(21)13(3)24-16(20)10-19-18(22)15-5-4-8-23-15/h4-9,13H,10H2,1-3H3,(H,19,22). The van der Waals surface area contributed by atoms with E-state index in [1.54, 1.807) is 18.2 Å². The zero-order valence-electron chi connectivity index (χ0n) is 13.8. The van der Waals surface area contributed by atoms with Crippen LogP contribution in [0.25, 0.3) is 0 Å². The van der Waals surface area contributed by atoms with E-state index < -0.39 is 18.0 Å². The maximum Gasteiger partial charge on any atom is 0.326 e. The molecular formula is C18H19NO5. The number of ketones is 1. The molecule has 0 spiro atoms. The molecule has 0 saturated heterocycles. The second-order valence-electron chi connectivity index (χ2n) is 5.46. The topological polar surface area (TPSA) is 85.6 Å². The number of furan rings is 1. The highest BCUT2D eigenvalue weighted by atomic mass is 16.5. The number of ether oxygens (including phenoxy) is 1. The molecule has 1 amide bonds. The fourth-order valence-corrected chi connectivity index (χ4v) is 2.07. The number of carbonyl (C=O) groups is 3. The van der Waals surface area contributed by atoms with E-state index in [9.17, 15) is 14.4 Å². The zero-order valence-corrected chi connectivity index (χ0v) is 13.8. The van der Waals surface area contributed by atoms with E-state index >= 15 is 0 Å². The number of benzene rings is 1. The number of hydrogen-bond donors (Lipinski definition) is 1. The van der Waals surface area contributed by atoms with Gasteiger partial charge in [0.2, 0.25) is 5.78 Å². The van der Waals surface area contributed by atoms with E-state index in [-0.39, 0.29) is 18.1 Å². The number of aryl methyl sites for hydroxylation is 2. The SMILES string of the molecule is Cc1ccc(C(=O)C(C)OC(=O)CNC(=O)c2ccco2)cc1C. The maximum atomic E-state index is 12.3. The lowest BCUT2D eigenvalue weighted by Gasteiger charge is -2.13. The molecule has 0 aliphatic rings. The number of amides is 1. The summed E-state index contributed by atoms with van der Waals surface area (Å²) in [6.07, 6.45) is 0.428. The molecule has 0 radical (unpaired) electrons. The minimum atomic E-state index is -0.930. The maximum absolute atomic E-state index is 12.3. The van der Waals surface area contributed by atoms with Gasteiger partial charge < -0.3 is 14.5 Å². The van der Waals surface area contributed by atoms with E-state index in [1.165, 1.54) is 19.3 Å². The Bertz CT molecular complexity index is 749. The van der Waals surface area contributed by atoms with Crippen molar-refractivity contribution >= 4 is 17.7 Å². The van der Waals surface area contributed by atoms with Gasteiger partial charge in [0.25, 0.3) is 5.91 Å². The second kappa shape index (κ2) is 7.59. The molecule has 2 aromatic rings. The summed E-state index contributed by atoms with van der Waals surface area (Å²) >= 11 is 0. The van der Waals surface area contributed by atoms with Gasteiger partial charge in [0.1, 0.15) is 6.54 Å².